The number of hydrogen-bond donors (Lipinski definition) is 1. The summed E-state index contributed by atoms with van der Waals surface area (Å²) in [7, 11) is -0.392. The van der Waals surface area contributed by atoms with Crippen LogP contribution in [0.4, 0.5) is 10.6 Å². The Bertz CT molecular complexity index is 783. The predicted molar refractivity (Wildman–Crippen MR) is 124 cm³/mol. The van der Waals surface area contributed by atoms with Crippen molar-refractivity contribution in [2.24, 2.45) is 5.92 Å². The van der Waals surface area contributed by atoms with E-state index in [1.54, 1.807) is 0 Å². The number of carbonyl (C=O) groups excluding carboxylic acids is 1. The molecule has 1 aromatic heterocycles. The Morgan fingerprint density at radius 3 is 2.32 bits per heavy atom. The lowest BCUT2D eigenvalue weighted by Gasteiger charge is -2.33. The number of amides is 1. The summed E-state index contributed by atoms with van der Waals surface area (Å²) in [5, 5.41) is 2.90. The van der Waals surface area contributed by atoms with Gasteiger partial charge in [-0.05, 0) is 85.8 Å². The van der Waals surface area contributed by atoms with Crippen LogP contribution in [-0.2, 0) is 14.0 Å². The number of aryl methyl sites for hydroxylation is 1. The highest BCUT2D eigenvalue weighted by atomic mass is 16.7. The summed E-state index contributed by atoms with van der Waals surface area (Å²) in [5.41, 5.74) is 0.912. The minimum atomic E-state index is -0.469. The van der Waals surface area contributed by atoms with Crippen molar-refractivity contribution >= 4 is 24.5 Å². The van der Waals surface area contributed by atoms with Crippen LogP contribution in [0, 0.1) is 12.8 Å². The number of carbonyl (C=O) groups is 1. The Morgan fingerprint density at radius 2 is 1.81 bits per heavy atom. The zero-order valence-electron chi connectivity index (χ0n) is 20.4. The van der Waals surface area contributed by atoms with Crippen molar-refractivity contribution in [3.05, 3.63) is 17.8 Å². The lowest BCUT2D eigenvalue weighted by atomic mass is 9.77. The van der Waals surface area contributed by atoms with Gasteiger partial charge in [0.1, 0.15) is 11.4 Å². The van der Waals surface area contributed by atoms with E-state index in [4.69, 9.17) is 19.0 Å². The molecule has 172 valence electrons. The van der Waals surface area contributed by atoms with E-state index in [-0.39, 0.29) is 17.3 Å². The average Bonchev–Trinajstić information content (AvgIpc) is 2.86. The number of ether oxygens (including phenoxy) is 1. The van der Waals surface area contributed by atoms with E-state index in [9.17, 15) is 4.79 Å². The molecule has 0 saturated carbocycles. The molecule has 31 heavy (non-hydrogen) atoms. The van der Waals surface area contributed by atoms with Crippen molar-refractivity contribution in [3.63, 3.8) is 0 Å². The molecule has 2 aliphatic heterocycles. The number of piperidine rings is 1. The van der Waals surface area contributed by atoms with Gasteiger partial charge in [-0.25, -0.2) is 9.78 Å². The number of anilines is 1. The molecular formula is C23H38BN3O4. The molecule has 8 heteroatoms. The van der Waals surface area contributed by atoms with Crippen LogP contribution >= 0.6 is 0 Å². The van der Waals surface area contributed by atoms with Gasteiger partial charge in [-0.3, -0.25) is 0 Å². The van der Waals surface area contributed by atoms with Crippen molar-refractivity contribution in [3.8, 4) is 0 Å². The molecule has 0 atom stereocenters. The molecule has 0 unspecified atom stereocenters. The fourth-order valence-electron chi connectivity index (χ4n) is 3.85. The maximum Gasteiger partial charge on any atom is 0.496 e. The van der Waals surface area contributed by atoms with Gasteiger partial charge in [-0.15, -0.1) is 0 Å². The molecule has 3 heterocycles. The third-order valence-corrected chi connectivity index (χ3v) is 6.52. The predicted octanol–water partition coefficient (Wildman–Crippen LogP) is 3.43. The Labute approximate surface area is 187 Å². The number of nitrogens with zero attached hydrogens (tertiary/aromatic N) is 2. The van der Waals surface area contributed by atoms with Crippen LogP contribution in [0.15, 0.2) is 12.3 Å². The highest BCUT2D eigenvalue weighted by Crippen LogP contribution is 2.36. The van der Waals surface area contributed by atoms with Gasteiger partial charge in [0, 0.05) is 31.3 Å². The molecule has 1 N–H and O–H groups in total. The molecule has 0 aliphatic carbocycles. The maximum absolute atomic E-state index is 11.9. The zero-order valence-corrected chi connectivity index (χ0v) is 20.4. The summed E-state index contributed by atoms with van der Waals surface area (Å²) in [4.78, 5) is 18.9. The standard InChI is InChI=1S/C23H38BN3O4/c1-16-13-19(25-15-18(16)24-30-22(5,6)23(7,8)31-24)27-11-9-17(10-12-27)14-26-20(28)29-21(2,3)4/h13,15,17H,9-12,14H2,1-8H3,(H,26,28). The van der Waals surface area contributed by atoms with Gasteiger partial charge in [0.15, 0.2) is 0 Å². The summed E-state index contributed by atoms with van der Waals surface area (Å²) >= 11 is 0. The molecule has 0 radical (unpaired) electrons. The van der Waals surface area contributed by atoms with Crippen LogP contribution in [0.1, 0.15) is 66.9 Å². The first-order chi connectivity index (χ1) is 14.3. The Morgan fingerprint density at radius 1 is 1.23 bits per heavy atom. The molecule has 0 aromatic carbocycles. The van der Waals surface area contributed by atoms with E-state index < -0.39 is 12.7 Å². The van der Waals surface area contributed by atoms with Crippen LogP contribution in [0.3, 0.4) is 0 Å². The smallest absolute Gasteiger partial charge is 0.444 e. The second-order valence-electron chi connectivity index (χ2n) is 10.8. The Kier molecular flexibility index (Phi) is 6.64. The first kappa shape index (κ1) is 23.9. The van der Waals surface area contributed by atoms with Gasteiger partial charge in [-0.2, -0.15) is 0 Å². The first-order valence-electron chi connectivity index (χ1n) is 11.3. The van der Waals surface area contributed by atoms with Gasteiger partial charge in [0.25, 0.3) is 0 Å². The molecule has 3 rings (SSSR count). The zero-order chi connectivity index (χ0) is 23.0. The molecule has 1 amide bonds. The van der Waals surface area contributed by atoms with Crippen molar-refractivity contribution in [2.45, 2.75) is 85.0 Å². The SMILES string of the molecule is Cc1cc(N2CCC(CNC(=O)OC(C)(C)C)CC2)ncc1B1OC(C)(C)C(C)(C)O1. The van der Waals surface area contributed by atoms with Crippen LogP contribution in [-0.4, -0.2) is 54.6 Å². The summed E-state index contributed by atoms with van der Waals surface area (Å²) in [5.74, 6) is 1.44. The topological polar surface area (TPSA) is 72.9 Å². The number of nitrogens with one attached hydrogen (secondary N) is 1. The fraction of sp³-hybridized carbons (Fsp3) is 0.739. The molecule has 2 fully saturated rings. The molecule has 7 nitrogen and oxygen atoms in total. The molecule has 2 aliphatic rings. The van der Waals surface area contributed by atoms with Crippen molar-refractivity contribution in [2.75, 3.05) is 24.5 Å². The van der Waals surface area contributed by atoms with E-state index in [0.717, 1.165) is 42.8 Å². The second kappa shape index (κ2) is 8.62. The van der Waals surface area contributed by atoms with E-state index in [1.807, 2.05) is 27.0 Å². The van der Waals surface area contributed by atoms with Gasteiger partial charge < -0.3 is 24.3 Å². The first-order valence-corrected chi connectivity index (χ1v) is 11.3. The average molecular weight is 431 g/mol. The number of hydrogen-bond acceptors (Lipinski definition) is 6. The van der Waals surface area contributed by atoms with Gasteiger partial charge in [0.05, 0.1) is 11.2 Å². The number of aromatic nitrogens is 1. The minimum Gasteiger partial charge on any atom is -0.444 e. The van der Waals surface area contributed by atoms with Crippen LogP contribution < -0.4 is 15.7 Å². The van der Waals surface area contributed by atoms with E-state index in [1.165, 1.54) is 0 Å². The molecular weight excluding hydrogens is 393 g/mol. The van der Waals surface area contributed by atoms with Crippen LogP contribution in [0.25, 0.3) is 0 Å². The minimum absolute atomic E-state index is 0.342. The molecule has 0 bridgehead atoms. The largest absolute Gasteiger partial charge is 0.496 e. The molecule has 0 spiro atoms. The van der Waals surface area contributed by atoms with Crippen molar-refractivity contribution in [1.29, 1.82) is 0 Å². The maximum atomic E-state index is 11.9. The third kappa shape index (κ3) is 5.72. The van der Waals surface area contributed by atoms with Crippen molar-refractivity contribution < 1.29 is 18.8 Å². The summed E-state index contributed by atoms with van der Waals surface area (Å²) in [6.07, 6.45) is 3.57. The monoisotopic (exact) mass is 431 g/mol. The highest BCUT2D eigenvalue weighted by molar-refractivity contribution is 6.62. The van der Waals surface area contributed by atoms with E-state index >= 15 is 0 Å². The molecule has 1 aromatic rings. The van der Waals surface area contributed by atoms with E-state index in [2.05, 4.69) is 50.9 Å². The summed E-state index contributed by atoms with van der Waals surface area (Å²) in [6, 6.07) is 2.12. The number of pyridine rings is 1. The lowest BCUT2D eigenvalue weighted by Crippen LogP contribution is -2.41. The lowest BCUT2D eigenvalue weighted by molar-refractivity contribution is 0.00578. The normalized spacial score (nSPS) is 21.3. The van der Waals surface area contributed by atoms with Gasteiger partial charge in [-0.1, -0.05) is 0 Å². The summed E-state index contributed by atoms with van der Waals surface area (Å²) < 4.78 is 17.7. The number of rotatable bonds is 4. The van der Waals surface area contributed by atoms with Crippen LogP contribution in [0.5, 0.6) is 0 Å². The Balaban J connectivity index is 1.54. The fourth-order valence-corrected chi connectivity index (χ4v) is 3.85. The number of alkyl carbamates (subject to hydrolysis) is 1. The highest BCUT2D eigenvalue weighted by Gasteiger charge is 2.52. The van der Waals surface area contributed by atoms with Crippen molar-refractivity contribution in [1.82, 2.24) is 10.3 Å². The van der Waals surface area contributed by atoms with Gasteiger partial charge in [0.2, 0.25) is 0 Å². The van der Waals surface area contributed by atoms with Crippen LogP contribution in [0.2, 0.25) is 0 Å². The second-order valence-corrected chi connectivity index (χ2v) is 10.8. The summed E-state index contributed by atoms with van der Waals surface area (Å²) in [6.45, 7) is 18.4. The quantitative estimate of drug-likeness (QED) is 0.737. The van der Waals surface area contributed by atoms with E-state index in [0.29, 0.717) is 12.5 Å². The Hall–Kier alpha value is -1.80. The molecule has 2 saturated heterocycles. The van der Waals surface area contributed by atoms with Gasteiger partial charge >= 0.3 is 13.2 Å². The third-order valence-electron chi connectivity index (χ3n) is 6.52.